The number of aromatic nitrogens is 2. The van der Waals surface area contributed by atoms with Crippen LogP contribution in [0, 0.1) is 0 Å². The first-order valence-electron chi connectivity index (χ1n) is 6.32. The summed E-state index contributed by atoms with van der Waals surface area (Å²) in [7, 11) is 0. The summed E-state index contributed by atoms with van der Waals surface area (Å²) in [4.78, 5) is 0. The van der Waals surface area contributed by atoms with Gasteiger partial charge in [0.2, 0.25) is 0 Å². The Morgan fingerprint density at radius 1 is 1.42 bits per heavy atom. The highest BCUT2D eigenvalue weighted by Gasteiger charge is 2.06. The molecule has 1 atom stereocenters. The van der Waals surface area contributed by atoms with E-state index >= 15 is 0 Å². The third-order valence-corrected chi connectivity index (χ3v) is 3.33. The van der Waals surface area contributed by atoms with Gasteiger partial charge in [-0.05, 0) is 37.6 Å². The number of nitrogens with zero attached hydrogens (tertiary/aromatic N) is 2. The van der Waals surface area contributed by atoms with E-state index in [1.807, 2.05) is 16.9 Å². The molecule has 0 aliphatic heterocycles. The molecule has 2 rings (SSSR count). The summed E-state index contributed by atoms with van der Waals surface area (Å²) in [5, 5.41) is 4.98. The van der Waals surface area contributed by atoms with E-state index < -0.39 is 0 Å². The number of rotatable bonds is 5. The van der Waals surface area contributed by atoms with Gasteiger partial charge in [-0.15, -0.1) is 0 Å². The van der Waals surface area contributed by atoms with E-state index in [2.05, 4.69) is 18.9 Å². The number of benzene rings is 1. The SMILES string of the molecule is CCC(C)n1ccc(COc2ccc(N)cc2Cl)n1. The molecule has 0 aliphatic carbocycles. The van der Waals surface area contributed by atoms with Crippen molar-refractivity contribution in [3.63, 3.8) is 0 Å². The second-order valence-corrected chi connectivity index (χ2v) is 4.93. The van der Waals surface area contributed by atoms with E-state index in [0.29, 0.717) is 29.1 Å². The van der Waals surface area contributed by atoms with Gasteiger partial charge in [0.1, 0.15) is 12.4 Å². The second kappa shape index (κ2) is 5.97. The molecule has 19 heavy (non-hydrogen) atoms. The first-order valence-corrected chi connectivity index (χ1v) is 6.69. The predicted octanol–water partition coefficient (Wildman–Crippen LogP) is 3.67. The van der Waals surface area contributed by atoms with Crippen molar-refractivity contribution in [2.75, 3.05) is 5.73 Å². The number of hydrogen-bond acceptors (Lipinski definition) is 3. The summed E-state index contributed by atoms with van der Waals surface area (Å²) >= 11 is 6.04. The summed E-state index contributed by atoms with van der Waals surface area (Å²) in [5.41, 5.74) is 7.14. The molecule has 0 radical (unpaired) electrons. The lowest BCUT2D eigenvalue weighted by atomic mass is 10.3. The molecule has 0 aliphatic rings. The predicted molar refractivity (Wildman–Crippen MR) is 77.4 cm³/mol. The lowest BCUT2D eigenvalue weighted by Crippen LogP contribution is -2.05. The van der Waals surface area contributed by atoms with Crippen LogP contribution in [0.1, 0.15) is 32.0 Å². The lowest BCUT2D eigenvalue weighted by Gasteiger charge is -2.09. The molecular weight excluding hydrogens is 262 g/mol. The fourth-order valence-electron chi connectivity index (χ4n) is 1.67. The minimum atomic E-state index is 0.396. The van der Waals surface area contributed by atoms with E-state index in [0.717, 1.165) is 12.1 Å². The minimum Gasteiger partial charge on any atom is -0.486 e. The summed E-state index contributed by atoms with van der Waals surface area (Å²) in [5.74, 6) is 0.619. The maximum atomic E-state index is 6.04. The molecule has 2 aromatic rings. The van der Waals surface area contributed by atoms with Crippen molar-refractivity contribution in [2.45, 2.75) is 32.9 Å². The molecule has 4 nitrogen and oxygen atoms in total. The Labute approximate surface area is 118 Å². The Bertz CT molecular complexity index is 553. The molecule has 102 valence electrons. The molecule has 5 heteroatoms. The molecule has 1 heterocycles. The van der Waals surface area contributed by atoms with Crippen molar-refractivity contribution >= 4 is 17.3 Å². The molecular formula is C14H18ClN3O. The zero-order chi connectivity index (χ0) is 13.8. The highest BCUT2D eigenvalue weighted by Crippen LogP contribution is 2.27. The van der Waals surface area contributed by atoms with Crippen molar-refractivity contribution in [3.05, 3.63) is 41.2 Å². The third kappa shape index (κ3) is 3.41. The van der Waals surface area contributed by atoms with Crippen LogP contribution in [-0.4, -0.2) is 9.78 Å². The first-order chi connectivity index (χ1) is 9.10. The highest BCUT2D eigenvalue weighted by atomic mass is 35.5. The van der Waals surface area contributed by atoms with Crippen LogP contribution in [0.15, 0.2) is 30.5 Å². The molecule has 1 unspecified atom stereocenters. The van der Waals surface area contributed by atoms with Gasteiger partial charge in [-0.1, -0.05) is 18.5 Å². The average Bonchev–Trinajstić information content (AvgIpc) is 2.85. The Morgan fingerprint density at radius 2 is 2.21 bits per heavy atom. The zero-order valence-corrected chi connectivity index (χ0v) is 11.9. The Morgan fingerprint density at radius 3 is 2.89 bits per heavy atom. The number of nitrogens with two attached hydrogens (primary N) is 1. The van der Waals surface area contributed by atoms with Crippen LogP contribution in [0.2, 0.25) is 5.02 Å². The van der Waals surface area contributed by atoms with Gasteiger partial charge in [0.25, 0.3) is 0 Å². The molecule has 0 amide bonds. The van der Waals surface area contributed by atoms with Crippen LogP contribution < -0.4 is 10.5 Å². The largest absolute Gasteiger partial charge is 0.486 e. The van der Waals surface area contributed by atoms with Gasteiger partial charge in [0, 0.05) is 17.9 Å². The van der Waals surface area contributed by atoms with E-state index in [1.165, 1.54) is 0 Å². The molecule has 1 aromatic carbocycles. The van der Waals surface area contributed by atoms with Crippen molar-refractivity contribution in [1.29, 1.82) is 0 Å². The summed E-state index contributed by atoms with van der Waals surface area (Å²) in [6.45, 7) is 4.66. The third-order valence-electron chi connectivity index (χ3n) is 3.04. The molecule has 0 saturated heterocycles. The van der Waals surface area contributed by atoms with Crippen molar-refractivity contribution in [2.24, 2.45) is 0 Å². The Kier molecular flexibility index (Phi) is 4.32. The van der Waals surface area contributed by atoms with Gasteiger partial charge in [-0.2, -0.15) is 5.10 Å². The van der Waals surface area contributed by atoms with E-state index in [4.69, 9.17) is 22.1 Å². The van der Waals surface area contributed by atoms with E-state index in [-0.39, 0.29) is 0 Å². The lowest BCUT2D eigenvalue weighted by molar-refractivity contribution is 0.298. The summed E-state index contributed by atoms with van der Waals surface area (Å²) < 4.78 is 7.59. The number of halogens is 1. The monoisotopic (exact) mass is 279 g/mol. The van der Waals surface area contributed by atoms with E-state index in [1.54, 1.807) is 18.2 Å². The van der Waals surface area contributed by atoms with Gasteiger partial charge in [0.15, 0.2) is 0 Å². The van der Waals surface area contributed by atoms with Crippen LogP contribution in [0.25, 0.3) is 0 Å². The molecule has 0 saturated carbocycles. The van der Waals surface area contributed by atoms with Crippen LogP contribution >= 0.6 is 11.6 Å². The molecule has 2 N–H and O–H groups in total. The van der Waals surface area contributed by atoms with E-state index in [9.17, 15) is 0 Å². The van der Waals surface area contributed by atoms with Crippen LogP contribution in [-0.2, 0) is 6.61 Å². The maximum Gasteiger partial charge on any atom is 0.138 e. The summed E-state index contributed by atoms with van der Waals surface area (Å²) in [6.07, 6.45) is 3.02. The standard InChI is InChI=1S/C14H18ClN3O/c1-3-10(2)18-7-6-12(17-18)9-19-14-5-4-11(16)8-13(14)15/h4-8,10H,3,9,16H2,1-2H3. The zero-order valence-electron chi connectivity index (χ0n) is 11.1. The number of anilines is 1. The quantitative estimate of drug-likeness (QED) is 0.850. The number of nitrogen functional groups attached to an aromatic ring is 1. The van der Waals surface area contributed by atoms with Gasteiger partial charge in [0.05, 0.1) is 10.7 Å². The van der Waals surface area contributed by atoms with Crippen LogP contribution in [0.5, 0.6) is 5.75 Å². The van der Waals surface area contributed by atoms with Gasteiger partial charge >= 0.3 is 0 Å². The van der Waals surface area contributed by atoms with Gasteiger partial charge in [-0.3, -0.25) is 4.68 Å². The smallest absolute Gasteiger partial charge is 0.138 e. The fraction of sp³-hybridized carbons (Fsp3) is 0.357. The molecule has 1 aromatic heterocycles. The highest BCUT2D eigenvalue weighted by molar-refractivity contribution is 6.32. The maximum absolute atomic E-state index is 6.04. The van der Waals surface area contributed by atoms with Crippen molar-refractivity contribution < 1.29 is 4.74 Å². The van der Waals surface area contributed by atoms with Crippen LogP contribution in [0.3, 0.4) is 0 Å². The fourth-order valence-corrected chi connectivity index (χ4v) is 1.92. The summed E-state index contributed by atoms with van der Waals surface area (Å²) in [6, 6.07) is 7.56. The topological polar surface area (TPSA) is 53.1 Å². The van der Waals surface area contributed by atoms with Gasteiger partial charge in [-0.25, -0.2) is 0 Å². The molecule has 0 bridgehead atoms. The first kappa shape index (κ1) is 13.7. The normalized spacial score (nSPS) is 12.4. The molecule has 0 spiro atoms. The molecule has 0 fully saturated rings. The Hall–Kier alpha value is -1.68. The Balaban J connectivity index is 2.00. The number of hydrogen-bond donors (Lipinski definition) is 1. The van der Waals surface area contributed by atoms with Gasteiger partial charge < -0.3 is 10.5 Å². The van der Waals surface area contributed by atoms with Crippen molar-refractivity contribution in [1.82, 2.24) is 9.78 Å². The van der Waals surface area contributed by atoms with Crippen LogP contribution in [0.4, 0.5) is 5.69 Å². The average molecular weight is 280 g/mol. The minimum absolute atomic E-state index is 0.396. The van der Waals surface area contributed by atoms with Crippen molar-refractivity contribution in [3.8, 4) is 5.75 Å². The number of ether oxygens (including phenoxy) is 1. The second-order valence-electron chi connectivity index (χ2n) is 4.52.